The molecule has 1 heterocycles. The predicted molar refractivity (Wildman–Crippen MR) is 72.9 cm³/mol. The fourth-order valence-corrected chi connectivity index (χ4v) is 4.70. The van der Waals surface area contributed by atoms with Crippen molar-refractivity contribution in [2.75, 3.05) is 25.1 Å². The summed E-state index contributed by atoms with van der Waals surface area (Å²) in [6.07, 6.45) is 0.511. The van der Waals surface area contributed by atoms with E-state index >= 15 is 0 Å². The molecule has 2 N–H and O–H groups in total. The summed E-state index contributed by atoms with van der Waals surface area (Å²) in [5, 5.41) is 0. The van der Waals surface area contributed by atoms with Gasteiger partial charge in [0.05, 0.1) is 11.5 Å². The lowest BCUT2D eigenvalue weighted by Crippen LogP contribution is -2.52. The summed E-state index contributed by atoms with van der Waals surface area (Å²) in [5.41, 5.74) is 5.77. The van der Waals surface area contributed by atoms with E-state index in [2.05, 4.69) is 0 Å². The minimum atomic E-state index is -3.03. The van der Waals surface area contributed by atoms with E-state index in [1.54, 1.807) is 25.2 Å². The molecule has 1 atom stereocenters. The van der Waals surface area contributed by atoms with Gasteiger partial charge in [0.1, 0.15) is 5.82 Å². The fraction of sp³-hybridized carbons (Fsp3) is 0.538. The van der Waals surface area contributed by atoms with Crippen LogP contribution in [-0.2, 0) is 16.4 Å². The Morgan fingerprint density at radius 2 is 2.11 bits per heavy atom. The van der Waals surface area contributed by atoms with Gasteiger partial charge in [-0.25, -0.2) is 12.8 Å². The van der Waals surface area contributed by atoms with Crippen molar-refractivity contribution in [1.82, 2.24) is 4.90 Å². The first kappa shape index (κ1) is 14.4. The van der Waals surface area contributed by atoms with Gasteiger partial charge in [-0.15, -0.1) is 0 Å². The second-order valence-electron chi connectivity index (χ2n) is 5.22. The highest BCUT2D eigenvalue weighted by atomic mass is 32.2. The van der Waals surface area contributed by atoms with E-state index in [-0.39, 0.29) is 23.9 Å². The SMILES string of the molecule is CN(Cc1ccccc1F)C1(CN)CCS(=O)(=O)C1. The van der Waals surface area contributed by atoms with Crippen LogP contribution in [0.3, 0.4) is 0 Å². The van der Waals surface area contributed by atoms with Crippen LogP contribution in [0.5, 0.6) is 0 Å². The molecule has 0 radical (unpaired) electrons. The van der Waals surface area contributed by atoms with Crippen LogP contribution < -0.4 is 5.73 Å². The molecule has 1 aliphatic heterocycles. The van der Waals surface area contributed by atoms with Crippen LogP contribution in [0.4, 0.5) is 4.39 Å². The first-order valence-corrected chi connectivity index (χ1v) is 8.06. The average molecular weight is 286 g/mol. The molecular formula is C13H19FN2O2S. The number of sulfone groups is 1. The highest BCUT2D eigenvalue weighted by molar-refractivity contribution is 7.91. The van der Waals surface area contributed by atoms with Gasteiger partial charge in [-0.2, -0.15) is 0 Å². The van der Waals surface area contributed by atoms with Gasteiger partial charge in [-0.3, -0.25) is 4.90 Å². The lowest BCUT2D eigenvalue weighted by molar-refractivity contribution is 0.141. The zero-order chi connectivity index (χ0) is 14.1. The Bertz CT molecular complexity index is 562. The molecule has 1 aromatic rings. The molecule has 2 rings (SSSR count). The summed E-state index contributed by atoms with van der Waals surface area (Å²) >= 11 is 0. The van der Waals surface area contributed by atoms with Crippen LogP contribution in [0, 0.1) is 5.82 Å². The highest BCUT2D eigenvalue weighted by Gasteiger charge is 2.44. The van der Waals surface area contributed by atoms with Gasteiger partial charge in [0.2, 0.25) is 0 Å². The van der Waals surface area contributed by atoms with Gasteiger partial charge in [-0.05, 0) is 19.5 Å². The molecule has 19 heavy (non-hydrogen) atoms. The van der Waals surface area contributed by atoms with E-state index in [0.29, 0.717) is 18.5 Å². The van der Waals surface area contributed by atoms with E-state index < -0.39 is 15.4 Å². The Morgan fingerprint density at radius 3 is 2.63 bits per heavy atom. The number of nitrogens with zero attached hydrogens (tertiary/aromatic N) is 1. The van der Waals surface area contributed by atoms with Crippen molar-refractivity contribution in [3.05, 3.63) is 35.6 Å². The molecule has 0 aromatic heterocycles. The second kappa shape index (κ2) is 5.19. The van der Waals surface area contributed by atoms with Crippen molar-refractivity contribution in [1.29, 1.82) is 0 Å². The Balaban J connectivity index is 2.19. The summed E-state index contributed by atoms with van der Waals surface area (Å²) in [4.78, 5) is 1.87. The van der Waals surface area contributed by atoms with Crippen LogP contribution in [0.1, 0.15) is 12.0 Å². The lowest BCUT2D eigenvalue weighted by Gasteiger charge is -2.36. The molecule has 1 unspecified atom stereocenters. The fourth-order valence-electron chi connectivity index (χ4n) is 2.57. The third-order valence-corrected chi connectivity index (χ3v) is 5.73. The third-order valence-electron chi connectivity index (χ3n) is 3.92. The highest BCUT2D eigenvalue weighted by Crippen LogP contribution is 2.29. The lowest BCUT2D eigenvalue weighted by atomic mass is 9.96. The molecule has 0 aliphatic carbocycles. The quantitative estimate of drug-likeness (QED) is 0.888. The standard InChI is InChI=1S/C13H19FN2O2S/c1-16(8-11-4-2-3-5-12(11)14)13(9-15)6-7-19(17,18)10-13/h2-5H,6-10,15H2,1H3. The molecule has 1 saturated heterocycles. The predicted octanol–water partition coefficient (Wildman–Crippen LogP) is 0.774. The van der Waals surface area contributed by atoms with Crippen molar-refractivity contribution in [2.45, 2.75) is 18.5 Å². The smallest absolute Gasteiger partial charge is 0.152 e. The number of hydrogen-bond acceptors (Lipinski definition) is 4. The van der Waals surface area contributed by atoms with Gasteiger partial charge in [0, 0.05) is 24.2 Å². The van der Waals surface area contributed by atoms with Crippen molar-refractivity contribution in [3.63, 3.8) is 0 Å². The minimum Gasteiger partial charge on any atom is -0.329 e. The third kappa shape index (κ3) is 2.96. The summed E-state index contributed by atoms with van der Waals surface area (Å²) in [7, 11) is -1.22. The van der Waals surface area contributed by atoms with Crippen LogP contribution in [-0.4, -0.2) is 44.0 Å². The van der Waals surface area contributed by atoms with Crippen LogP contribution >= 0.6 is 0 Å². The molecule has 6 heteroatoms. The number of likely N-dealkylation sites (N-methyl/N-ethyl adjacent to an activating group) is 1. The largest absolute Gasteiger partial charge is 0.329 e. The van der Waals surface area contributed by atoms with Gasteiger partial charge in [0.15, 0.2) is 9.84 Å². The van der Waals surface area contributed by atoms with Gasteiger partial charge in [-0.1, -0.05) is 18.2 Å². The topological polar surface area (TPSA) is 63.4 Å². The average Bonchev–Trinajstić information content (AvgIpc) is 2.69. The zero-order valence-electron chi connectivity index (χ0n) is 11.0. The number of nitrogens with two attached hydrogens (primary N) is 1. The Kier molecular flexibility index (Phi) is 3.94. The first-order chi connectivity index (χ1) is 8.88. The maximum absolute atomic E-state index is 13.6. The van der Waals surface area contributed by atoms with Crippen molar-refractivity contribution in [2.24, 2.45) is 5.73 Å². The second-order valence-corrected chi connectivity index (χ2v) is 7.40. The minimum absolute atomic E-state index is 0.0570. The number of halogens is 1. The van der Waals surface area contributed by atoms with Crippen molar-refractivity contribution in [3.8, 4) is 0 Å². The summed E-state index contributed by atoms with van der Waals surface area (Å²) in [5.74, 6) is -0.0600. The van der Waals surface area contributed by atoms with Crippen LogP contribution in [0.15, 0.2) is 24.3 Å². The van der Waals surface area contributed by atoms with Gasteiger partial charge in [0.25, 0.3) is 0 Å². The monoisotopic (exact) mass is 286 g/mol. The molecule has 1 aliphatic rings. The number of hydrogen-bond donors (Lipinski definition) is 1. The maximum atomic E-state index is 13.6. The van der Waals surface area contributed by atoms with Crippen molar-refractivity contribution < 1.29 is 12.8 Å². The Morgan fingerprint density at radius 1 is 1.42 bits per heavy atom. The summed E-state index contributed by atoms with van der Waals surface area (Å²) in [6, 6.07) is 6.52. The van der Waals surface area contributed by atoms with Crippen LogP contribution in [0.25, 0.3) is 0 Å². The molecule has 0 bridgehead atoms. The molecule has 0 spiro atoms. The van der Waals surface area contributed by atoms with Crippen LogP contribution in [0.2, 0.25) is 0 Å². The van der Waals surface area contributed by atoms with Gasteiger partial charge < -0.3 is 5.73 Å². The molecule has 1 fully saturated rings. The van der Waals surface area contributed by atoms with Gasteiger partial charge >= 0.3 is 0 Å². The molecule has 0 amide bonds. The molecule has 106 valence electrons. The van der Waals surface area contributed by atoms with E-state index in [1.165, 1.54) is 6.07 Å². The molecule has 0 saturated carbocycles. The zero-order valence-corrected chi connectivity index (χ0v) is 11.8. The van der Waals surface area contributed by atoms with E-state index in [9.17, 15) is 12.8 Å². The maximum Gasteiger partial charge on any atom is 0.152 e. The number of rotatable bonds is 4. The van der Waals surface area contributed by atoms with E-state index in [4.69, 9.17) is 5.73 Å². The molecular weight excluding hydrogens is 267 g/mol. The molecule has 4 nitrogen and oxygen atoms in total. The first-order valence-electron chi connectivity index (χ1n) is 6.24. The number of benzene rings is 1. The van der Waals surface area contributed by atoms with E-state index in [0.717, 1.165) is 0 Å². The Labute approximate surface area is 113 Å². The van der Waals surface area contributed by atoms with E-state index in [1.807, 2.05) is 4.90 Å². The summed E-state index contributed by atoms with van der Waals surface area (Å²) < 4.78 is 37.0. The van der Waals surface area contributed by atoms with Crippen molar-refractivity contribution >= 4 is 9.84 Å². The summed E-state index contributed by atoms with van der Waals surface area (Å²) in [6.45, 7) is 0.622. The normalized spacial score (nSPS) is 25.9. The Hall–Kier alpha value is -0.980. The molecule has 1 aromatic carbocycles.